The number of hydrogen-bond acceptors (Lipinski definition) is 6. The molecule has 0 saturated carbocycles. The summed E-state index contributed by atoms with van der Waals surface area (Å²) in [4.78, 5) is 12.7. The van der Waals surface area contributed by atoms with E-state index in [1.165, 1.54) is 6.33 Å². The molecule has 9 nitrogen and oxygen atoms in total. The number of benzene rings is 1. The smallest absolute Gasteiger partial charge is 0.191 e. The molecule has 1 atom stereocenters. The van der Waals surface area contributed by atoms with Crippen molar-refractivity contribution in [3.8, 4) is 0 Å². The Balaban J connectivity index is 1.46. The first-order valence-corrected chi connectivity index (χ1v) is 9.19. The Labute approximate surface area is 163 Å². The third-order valence-electron chi connectivity index (χ3n) is 4.47. The quantitative estimate of drug-likeness (QED) is 0.258. The Kier molecular flexibility index (Phi) is 6.74. The monoisotopic (exact) mass is 382 g/mol. The van der Waals surface area contributed by atoms with Crippen LogP contribution in [-0.2, 0) is 7.05 Å². The van der Waals surface area contributed by atoms with Crippen LogP contribution in [0.4, 0.5) is 5.82 Å². The highest BCUT2D eigenvalue weighted by atomic mass is 16.3. The maximum Gasteiger partial charge on any atom is 0.191 e. The Bertz CT molecular complexity index is 909. The molecule has 0 radical (unpaired) electrons. The lowest BCUT2D eigenvalue weighted by Gasteiger charge is -2.18. The third-order valence-corrected chi connectivity index (χ3v) is 4.47. The fourth-order valence-electron chi connectivity index (χ4n) is 2.92. The van der Waals surface area contributed by atoms with Crippen LogP contribution in [0, 0.1) is 0 Å². The van der Waals surface area contributed by atoms with Crippen molar-refractivity contribution < 1.29 is 5.11 Å². The first-order chi connectivity index (χ1) is 13.7. The number of nitrogens with zero attached hydrogens (tertiary/aromatic N) is 5. The highest BCUT2D eigenvalue weighted by Crippen LogP contribution is 2.17. The second-order valence-electron chi connectivity index (χ2n) is 6.32. The highest BCUT2D eigenvalue weighted by Gasteiger charge is 2.11. The maximum atomic E-state index is 9.66. The van der Waals surface area contributed by atoms with Crippen LogP contribution in [0.1, 0.15) is 11.5 Å². The molecule has 0 amide bonds. The van der Waals surface area contributed by atoms with Crippen molar-refractivity contribution in [2.24, 2.45) is 12.0 Å². The number of aliphatic hydroxyl groups is 1. The number of aliphatic hydroxyl groups excluding tert-OH is 1. The number of rotatable bonds is 8. The van der Waals surface area contributed by atoms with Gasteiger partial charge in [0.15, 0.2) is 11.6 Å². The minimum atomic E-state index is 0.0118. The zero-order valence-electron chi connectivity index (χ0n) is 16.1. The molecular weight excluding hydrogens is 356 g/mol. The van der Waals surface area contributed by atoms with Gasteiger partial charge in [-0.25, -0.2) is 9.97 Å². The lowest BCUT2D eigenvalue weighted by Crippen LogP contribution is -2.41. The van der Waals surface area contributed by atoms with Crippen molar-refractivity contribution >= 4 is 22.8 Å². The highest BCUT2D eigenvalue weighted by molar-refractivity contribution is 5.86. The number of anilines is 1. The molecule has 0 aliphatic heterocycles. The first kappa shape index (κ1) is 19.6. The third kappa shape index (κ3) is 4.74. The summed E-state index contributed by atoms with van der Waals surface area (Å²) in [5.41, 5.74) is 1.89. The van der Waals surface area contributed by atoms with Crippen molar-refractivity contribution in [2.45, 2.75) is 5.92 Å². The molecule has 0 aliphatic carbocycles. The van der Waals surface area contributed by atoms with E-state index in [0.717, 1.165) is 22.4 Å². The molecule has 28 heavy (non-hydrogen) atoms. The summed E-state index contributed by atoms with van der Waals surface area (Å²) in [6.07, 6.45) is 3.28. The standard InChI is InChI=1S/C19H26N8O/c1-20-19(23-10-15(12-28)14-6-4-3-5-7-14)22-9-8-21-17-16-11-26-27(2)18(16)25-13-24-17/h3-7,11,13,15,28H,8-10,12H2,1-2H3,(H2,20,22,23)(H,21,24,25). The Hall–Kier alpha value is -3.20. The molecule has 0 aliphatic rings. The van der Waals surface area contributed by atoms with Gasteiger partial charge in [-0.2, -0.15) is 5.10 Å². The predicted octanol–water partition coefficient (Wildman–Crippen LogP) is 0.716. The average molecular weight is 382 g/mol. The van der Waals surface area contributed by atoms with Gasteiger partial charge in [-0.1, -0.05) is 30.3 Å². The largest absolute Gasteiger partial charge is 0.396 e. The van der Waals surface area contributed by atoms with Crippen LogP contribution in [0.3, 0.4) is 0 Å². The minimum Gasteiger partial charge on any atom is -0.396 e. The lowest BCUT2D eigenvalue weighted by molar-refractivity contribution is 0.265. The van der Waals surface area contributed by atoms with Crippen LogP contribution in [0.2, 0.25) is 0 Å². The predicted molar refractivity (Wildman–Crippen MR) is 110 cm³/mol. The zero-order chi connectivity index (χ0) is 19.8. The van der Waals surface area contributed by atoms with Crippen molar-refractivity contribution in [1.29, 1.82) is 0 Å². The average Bonchev–Trinajstić information content (AvgIpc) is 3.12. The topological polar surface area (TPSA) is 112 Å². The second kappa shape index (κ2) is 9.65. The van der Waals surface area contributed by atoms with E-state index in [-0.39, 0.29) is 12.5 Å². The Morgan fingerprint density at radius 1 is 1.18 bits per heavy atom. The van der Waals surface area contributed by atoms with Crippen LogP contribution < -0.4 is 16.0 Å². The van der Waals surface area contributed by atoms with Crippen LogP contribution in [-0.4, -0.2) is 64.1 Å². The normalized spacial score (nSPS) is 12.8. The Morgan fingerprint density at radius 3 is 2.75 bits per heavy atom. The van der Waals surface area contributed by atoms with Crippen LogP contribution in [0.25, 0.3) is 11.0 Å². The summed E-state index contributed by atoms with van der Waals surface area (Å²) in [5, 5.41) is 24.6. The summed E-state index contributed by atoms with van der Waals surface area (Å²) in [5.74, 6) is 1.45. The van der Waals surface area contributed by atoms with E-state index < -0.39 is 0 Å². The molecule has 4 N–H and O–H groups in total. The molecule has 0 spiro atoms. The molecule has 0 fully saturated rings. The summed E-state index contributed by atoms with van der Waals surface area (Å²) < 4.78 is 1.72. The van der Waals surface area contributed by atoms with E-state index in [2.05, 4.69) is 36.0 Å². The number of hydrogen-bond donors (Lipinski definition) is 4. The van der Waals surface area contributed by atoms with Gasteiger partial charge in [-0.15, -0.1) is 0 Å². The van der Waals surface area contributed by atoms with Crippen LogP contribution in [0.5, 0.6) is 0 Å². The maximum absolute atomic E-state index is 9.66. The fourth-order valence-corrected chi connectivity index (χ4v) is 2.92. The molecule has 3 rings (SSSR count). The van der Waals surface area contributed by atoms with Gasteiger partial charge in [0.2, 0.25) is 0 Å². The van der Waals surface area contributed by atoms with Gasteiger partial charge < -0.3 is 21.1 Å². The van der Waals surface area contributed by atoms with E-state index in [9.17, 15) is 5.11 Å². The second-order valence-corrected chi connectivity index (χ2v) is 6.32. The minimum absolute atomic E-state index is 0.0118. The van der Waals surface area contributed by atoms with Gasteiger partial charge in [0.25, 0.3) is 0 Å². The summed E-state index contributed by atoms with van der Waals surface area (Å²) in [7, 11) is 3.58. The molecule has 0 saturated heterocycles. The van der Waals surface area contributed by atoms with Crippen LogP contribution >= 0.6 is 0 Å². The van der Waals surface area contributed by atoms with Crippen molar-refractivity contribution in [2.75, 3.05) is 38.6 Å². The van der Waals surface area contributed by atoms with Gasteiger partial charge in [0, 0.05) is 39.6 Å². The summed E-state index contributed by atoms with van der Waals surface area (Å²) in [6, 6.07) is 9.95. The summed E-state index contributed by atoms with van der Waals surface area (Å²) in [6.45, 7) is 1.98. The van der Waals surface area contributed by atoms with E-state index >= 15 is 0 Å². The van der Waals surface area contributed by atoms with E-state index in [0.29, 0.717) is 25.6 Å². The number of aliphatic imine (C=N–C) groups is 1. The van der Waals surface area contributed by atoms with Gasteiger partial charge in [-0.3, -0.25) is 9.67 Å². The molecule has 2 aromatic heterocycles. The van der Waals surface area contributed by atoms with Crippen LogP contribution in [0.15, 0.2) is 47.8 Å². The number of fused-ring (bicyclic) bond motifs is 1. The van der Waals surface area contributed by atoms with Gasteiger partial charge in [-0.05, 0) is 5.56 Å². The van der Waals surface area contributed by atoms with Crippen molar-refractivity contribution in [3.63, 3.8) is 0 Å². The van der Waals surface area contributed by atoms with E-state index in [4.69, 9.17) is 0 Å². The van der Waals surface area contributed by atoms with Gasteiger partial charge in [0.1, 0.15) is 12.1 Å². The molecule has 3 aromatic rings. The number of aryl methyl sites for hydroxylation is 1. The first-order valence-electron chi connectivity index (χ1n) is 9.19. The van der Waals surface area contributed by atoms with Crippen molar-refractivity contribution in [1.82, 2.24) is 30.4 Å². The molecule has 1 unspecified atom stereocenters. The molecular formula is C19H26N8O. The number of guanidine groups is 1. The molecule has 1 aromatic carbocycles. The molecule has 0 bridgehead atoms. The zero-order valence-corrected chi connectivity index (χ0v) is 16.1. The fraction of sp³-hybridized carbons (Fsp3) is 0.368. The summed E-state index contributed by atoms with van der Waals surface area (Å²) >= 11 is 0. The van der Waals surface area contributed by atoms with Gasteiger partial charge in [0.05, 0.1) is 18.2 Å². The molecule has 148 valence electrons. The van der Waals surface area contributed by atoms with E-state index in [1.807, 2.05) is 37.4 Å². The Morgan fingerprint density at radius 2 is 2.00 bits per heavy atom. The molecule has 2 heterocycles. The lowest BCUT2D eigenvalue weighted by atomic mass is 10.0. The van der Waals surface area contributed by atoms with E-state index in [1.54, 1.807) is 17.9 Å². The molecule has 9 heteroatoms. The van der Waals surface area contributed by atoms with Crippen molar-refractivity contribution in [3.05, 3.63) is 48.4 Å². The SMILES string of the molecule is CN=C(NCCNc1ncnc2c1cnn2C)NCC(CO)c1ccccc1. The number of aromatic nitrogens is 4. The van der Waals surface area contributed by atoms with Gasteiger partial charge >= 0.3 is 0 Å². The number of nitrogens with one attached hydrogen (secondary N) is 3.